The molecule has 11 nitrogen and oxygen atoms in total. The van der Waals surface area contributed by atoms with Crippen LogP contribution in [0.15, 0.2) is 18.2 Å². The van der Waals surface area contributed by atoms with Gasteiger partial charge in [0.05, 0.1) is 20.6 Å². The van der Waals surface area contributed by atoms with Crippen molar-refractivity contribution < 1.29 is 47.6 Å². The van der Waals surface area contributed by atoms with Crippen LogP contribution in [0.2, 0.25) is 0 Å². The highest BCUT2D eigenvalue weighted by atomic mass is 16.7. The Morgan fingerprint density at radius 1 is 0.970 bits per heavy atom. The number of esters is 2. The van der Waals surface area contributed by atoms with Crippen LogP contribution in [0.25, 0.3) is 0 Å². The fourth-order valence-electron chi connectivity index (χ4n) is 2.46. The molecule has 0 saturated heterocycles. The van der Waals surface area contributed by atoms with Crippen molar-refractivity contribution in [3.05, 3.63) is 23.8 Å². The van der Waals surface area contributed by atoms with Crippen molar-refractivity contribution in [2.45, 2.75) is 52.7 Å². The van der Waals surface area contributed by atoms with Crippen molar-refractivity contribution in [2.24, 2.45) is 11.1 Å². The highest BCUT2D eigenvalue weighted by Gasteiger charge is 2.22. The molecule has 0 radical (unpaired) electrons. The number of benzene rings is 1. The lowest BCUT2D eigenvalue weighted by Gasteiger charge is -2.19. The van der Waals surface area contributed by atoms with E-state index in [2.05, 4.69) is 9.47 Å². The molecule has 0 amide bonds. The Hall–Kier alpha value is -3.34. The van der Waals surface area contributed by atoms with Gasteiger partial charge in [-0.15, -0.1) is 0 Å². The van der Waals surface area contributed by atoms with E-state index >= 15 is 0 Å². The first-order chi connectivity index (χ1) is 15.3. The number of methoxy groups -OCH3 is 2. The summed E-state index contributed by atoms with van der Waals surface area (Å²) < 4.78 is 29.1. The molecule has 11 heteroatoms. The van der Waals surface area contributed by atoms with Crippen LogP contribution in [-0.4, -0.2) is 57.2 Å². The lowest BCUT2D eigenvalue weighted by Crippen LogP contribution is -2.37. The normalized spacial score (nSPS) is 12.7. The monoisotopic (exact) mass is 469 g/mol. The summed E-state index contributed by atoms with van der Waals surface area (Å²) in [5.74, 6) is -1.33. The number of hydrogen-bond donors (Lipinski definition) is 1. The molecule has 1 aromatic rings. The van der Waals surface area contributed by atoms with Crippen LogP contribution in [0.1, 0.15) is 39.7 Å². The third kappa shape index (κ3) is 10.7. The minimum atomic E-state index is -1.06. The molecular weight excluding hydrogens is 438 g/mol. The van der Waals surface area contributed by atoms with Crippen LogP contribution in [0.5, 0.6) is 11.5 Å². The van der Waals surface area contributed by atoms with Gasteiger partial charge < -0.3 is 34.2 Å². The van der Waals surface area contributed by atoms with Gasteiger partial charge in [-0.1, -0.05) is 26.8 Å². The number of carbonyl (C=O) groups excluding carboxylic acids is 4. The summed E-state index contributed by atoms with van der Waals surface area (Å²) in [7, 11) is 2.23. The lowest BCUT2D eigenvalue weighted by atomic mass is 9.92. The van der Waals surface area contributed by atoms with Gasteiger partial charge in [0.25, 0.3) is 0 Å². The van der Waals surface area contributed by atoms with Crippen LogP contribution in [-0.2, 0) is 35.0 Å². The summed E-state index contributed by atoms with van der Waals surface area (Å²) in [5.41, 5.74) is 6.21. The zero-order valence-corrected chi connectivity index (χ0v) is 19.7. The summed E-state index contributed by atoms with van der Waals surface area (Å²) in [6, 6.07) is 3.17. The second kappa shape index (κ2) is 12.6. The molecule has 2 N–H and O–H groups in total. The number of hydrogen-bond acceptors (Lipinski definition) is 11. The highest BCUT2D eigenvalue weighted by molar-refractivity contribution is 5.76. The summed E-state index contributed by atoms with van der Waals surface area (Å²) in [6.07, 6.45) is -2.50. The highest BCUT2D eigenvalue weighted by Crippen LogP contribution is 2.30. The molecule has 0 heterocycles. The van der Waals surface area contributed by atoms with Crippen molar-refractivity contribution in [1.29, 1.82) is 0 Å². The number of ether oxygens (including phenoxy) is 6. The van der Waals surface area contributed by atoms with Crippen LogP contribution in [0.3, 0.4) is 0 Å². The predicted molar refractivity (Wildman–Crippen MR) is 115 cm³/mol. The minimum absolute atomic E-state index is 0.0192. The van der Waals surface area contributed by atoms with Gasteiger partial charge in [-0.3, -0.25) is 9.59 Å². The largest absolute Gasteiger partial charge is 0.513 e. The predicted octanol–water partition coefficient (Wildman–Crippen LogP) is 2.76. The molecule has 1 rings (SSSR count). The number of nitrogens with two attached hydrogens (primary N) is 1. The third-order valence-electron chi connectivity index (χ3n) is 3.96. The van der Waals surface area contributed by atoms with Gasteiger partial charge in [0.1, 0.15) is 18.8 Å². The summed E-state index contributed by atoms with van der Waals surface area (Å²) >= 11 is 0. The van der Waals surface area contributed by atoms with E-state index in [9.17, 15) is 19.2 Å². The van der Waals surface area contributed by atoms with E-state index in [0.29, 0.717) is 5.56 Å². The van der Waals surface area contributed by atoms with Gasteiger partial charge in [0.15, 0.2) is 11.5 Å². The molecule has 0 bridgehead atoms. The Morgan fingerprint density at radius 3 is 2.09 bits per heavy atom. The van der Waals surface area contributed by atoms with Crippen LogP contribution in [0.4, 0.5) is 9.59 Å². The SMILES string of the molecule is COC(=O)Oc1ccc(C[C@H](N)C(=O)O[C@@H](C)COC(=O)CC(C)(C)C)cc1OC(=O)OC. The van der Waals surface area contributed by atoms with Gasteiger partial charge >= 0.3 is 24.2 Å². The molecule has 0 fully saturated rings. The maximum atomic E-state index is 12.3. The maximum Gasteiger partial charge on any atom is 0.513 e. The van der Waals surface area contributed by atoms with E-state index in [0.717, 1.165) is 14.2 Å². The van der Waals surface area contributed by atoms with E-state index in [4.69, 9.17) is 24.7 Å². The molecule has 0 saturated carbocycles. The molecule has 0 aliphatic carbocycles. The van der Waals surface area contributed by atoms with Gasteiger partial charge in [0, 0.05) is 0 Å². The molecule has 33 heavy (non-hydrogen) atoms. The second-order valence-electron chi connectivity index (χ2n) is 8.37. The molecule has 1 aromatic carbocycles. The Bertz CT molecular complexity index is 846. The average molecular weight is 469 g/mol. The third-order valence-corrected chi connectivity index (χ3v) is 3.96. The zero-order valence-electron chi connectivity index (χ0n) is 19.7. The molecule has 184 valence electrons. The Morgan fingerprint density at radius 2 is 1.55 bits per heavy atom. The molecule has 0 spiro atoms. The van der Waals surface area contributed by atoms with E-state index in [1.807, 2.05) is 20.8 Å². The molecule has 0 aliphatic rings. The topological polar surface area (TPSA) is 150 Å². The summed E-state index contributed by atoms with van der Waals surface area (Å²) in [4.78, 5) is 47.0. The first-order valence-electron chi connectivity index (χ1n) is 10.1. The van der Waals surface area contributed by atoms with Crippen molar-refractivity contribution >= 4 is 24.2 Å². The Labute approximate surface area is 192 Å². The van der Waals surface area contributed by atoms with Crippen molar-refractivity contribution in [3.63, 3.8) is 0 Å². The Kier molecular flexibility index (Phi) is 10.6. The van der Waals surface area contributed by atoms with Gasteiger partial charge in [-0.25, -0.2) is 9.59 Å². The quantitative estimate of drug-likeness (QED) is 0.323. The van der Waals surface area contributed by atoms with Crippen LogP contribution < -0.4 is 15.2 Å². The van der Waals surface area contributed by atoms with Gasteiger partial charge in [0.2, 0.25) is 0 Å². The molecule has 0 aromatic heterocycles. The maximum absolute atomic E-state index is 12.3. The van der Waals surface area contributed by atoms with E-state index in [1.165, 1.54) is 18.2 Å². The minimum Gasteiger partial charge on any atom is -0.462 e. The first kappa shape index (κ1) is 27.7. The fraction of sp³-hybridized carbons (Fsp3) is 0.545. The van der Waals surface area contributed by atoms with Gasteiger partial charge in [-0.05, 0) is 36.5 Å². The number of carbonyl (C=O) groups is 4. The molecule has 2 atom stereocenters. The molecular formula is C22H31NO10. The summed E-state index contributed by atoms with van der Waals surface area (Å²) in [6.45, 7) is 7.21. The van der Waals surface area contributed by atoms with E-state index < -0.39 is 30.4 Å². The van der Waals surface area contributed by atoms with E-state index in [-0.39, 0.29) is 42.3 Å². The fourth-order valence-corrected chi connectivity index (χ4v) is 2.46. The average Bonchev–Trinajstić information content (AvgIpc) is 2.72. The van der Waals surface area contributed by atoms with Gasteiger partial charge in [-0.2, -0.15) is 0 Å². The Balaban J connectivity index is 2.74. The van der Waals surface area contributed by atoms with Crippen molar-refractivity contribution in [1.82, 2.24) is 0 Å². The van der Waals surface area contributed by atoms with Crippen LogP contribution >= 0.6 is 0 Å². The standard InChI is InChI=1S/C22H31NO10/c1-13(12-30-18(24)11-22(2,3)4)31-19(25)15(23)9-14-7-8-16(32-20(26)28-5)17(10-14)33-21(27)29-6/h7-8,10,13,15H,9,11-12,23H2,1-6H3/t13-,15-/m0/s1. The zero-order chi connectivity index (χ0) is 25.2. The smallest absolute Gasteiger partial charge is 0.462 e. The van der Waals surface area contributed by atoms with Crippen molar-refractivity contribution in [2.75, 3.05) is 20.8 Å². The summed E-state index contributed by atoms with van der Waals surface area (Å²) in [5, 5.41) is 0. The van der Waals surface area contributed by atoms with Crippen LogP contribution in [0, 0.1) is 5.41 Å². The molecule has 0 aliphatic heterocycles. The lowest BCUT2D eigenvalue weighted by molar-refractivity contribution is -0.159. The van der Waals surface area contributed by atoms with Crippen molar-refractivity contribution in [3.8, 4) is 11.5 Å². The first-order valence-corrected chi connectivity index (χ1v) is 10.1. The molecule has 0 unspecified atom stereocenters. The second-order valence-corrected chi connectivity index (χ2v) is 8.37. The van der Waals surface area contributed by atoms with E-state index in [1.54, 1.807) is 6.92 Å². The number of rotatable bonds is 9.